The van der Waals surface area contributed by atoms with Gasteiger partial charge in [-0.1, -0.05) is 13.8 Å². The predicted molar refractivity (Wildman–Crippen MR) is 112 cm³/mol. The number of aromatic amines is 1. The molecule has 8 heteroatoms. The number of nitrogens with one attached hydrogen (secondary N) is 3. The van der Waals surface area contributed by atoms with Crippen LogP contribution in [0, 0.1) is 5.92 Å². The van der Waals surface area contributed by atoms with Crippen molar-refractivity contribution in [1.29, 1.82) is 0 Å². The van der Waals surface area contributed by atoms with Gasteiger partial charge in [-0.25, -0.2) is 9.78 Å². The van der Waals surface area contributed by atoms with E-state index in [4.69, 9.17) is 4.74 Å². The lowest BCUT2D eigenvalue weighted by Crippen LogP contribution is -2.16. The zero-order valence-electron chi connectivity index (χ0n) is 16.6. The SMILES string of the molecule is CNc1ccc(-c2nc3cc4c(cc3[nH]2)C(C(C)C)C(=O)N4)c(OC)c1N=C=O. The quantitative estimate of drug-likeness (QED) is 0.451. The minimum atomic E-state index is -0.181. The van der Waals surface area contributed by atoms with Crippen molar-refractivity contribution in [2.75, 3.05) is 24.8 Å². The number of aromatic nitrogens is 2. The number of amides is 1. The molecule has 0 fully saturated rings. The maximum absolute atomic E-state index is 12.3. The molecule has 0 saturated carbocycles. The molecule has 0 bridgehead atoms. The van der Waals surface area contributed by atoms with Crippen molar-refractivity contribution < 1.29 is 14.3 Å². The minimum Gasteiger partial charge on any atom is -0.494 e. The molecule has 3 N–H and O–H groups in total. The van der Waals surface area contributed by atoms with E-state index in [1.54, 1.807) is 19.2 Å². The molecule has 1 atom stereocenters. The number of anilines is 2. The number of hydrogen-bond donors (Lipinski definition) is 3. The third-order valence-electron chi connectivity index (χ3n) is 5.21. The van der Waals surface area contributed by atoms with Crippen molar-refractivity contribution in [2.24, 2.45) is 10.9 Å². The molecule has 0 radical (unpaired) electrons. The van der Waals surface area contributed by atoms with Crippen molar-refractivity contribution in [2.45, 2.75) is 19.8 Å². The summed E-state index contributed by atoms with van der Waals surface area (Å²) in [5.41, 5.74) is 4.98. The van der Waals surface area contributed by atoms with Crippen LogP contribution in [0.3, 0.4) is 0 Å². The Bertz CT molecular complexity index is 1170. The highest BCUT2D eigenvalue weighted by atomic mass is 16.5. The van der Waals surface area contributed by atoms with Crippen LogP contribution >= 0.6 is 0 Å². The van der Waals surface area contributed by atoms with E-state index in [1.165, 1.54) is 7.11 Å². The summed E-state index contributed by atoms with van der Waals surface area (Å²) in [5.74, 6) is 1.02. The lowest BCUT2D eigenvalue weighted by atomic mass is 9.89. The second-order valence-electron chi connectivity index (χ2n) is 7.25. The summed E-state index contributed by atoms with van der Waals surface area (Å²) in [7, 11) is 3.25. The molecular formula is C21H21N5O3. The molecule has 1 aliphatic heterocycles. The Balaban J connectivity index is 1.88. The van der Waals surface area contributed by atoms with Crippen molar-refractivity contribution in [3.05, 3.63) is 29.8 Å². The Hall–Kier alpha value is -3.64. The van der Waals surface area contributed by atoms with E-state index in [9.17, 15) is 9.59 Å². The molecule has 148 valence electrons. The van der Waals surface area contributed by atoms with Crippen LogP contribution in [0.1, 0.15) is 25.3 Å². The average molecular weight is 391 g/mol. The normalized spacial score (nSPS) is 15.2. The molecule has 1 aliphatic rings. The average Bonchev–Trinajstić information content (AvgIpc) is 3.24. The van der Waals surface area contributed by atoms with E-state index in [0.717, 1.165) is 22.3 Å². The van der Waals surface area contributed by atoms with Gasteiger partial charge in [0.25, 0.3) is 0 Å². The van der Waals surface area contributed by atoms with E-state index < -0.39 is 0 Å². The van der Waals surface area contributed by atoms with Gasteiger partial charge in [-0.05, 0) is 35.7 Å². The summed E-state index contributed by atoms with van der Waals surface area (Å²) < 4.78 is 5.53. The van der Waals surface area contributed by atoms with Gasteiger partial charge < -0.3 is 20.4 Å². The Labute approximate surface area is 167 Å². The summed E-state index contributed by atoms with van der Waals surface area (Å²) in [6.07, 6.45) is 1.57. The van der Waals surface area contributed by atoms with Crippen LogP contribution in [0.5, 0.6) is 5.75 Å². The van der Waals surface area contributed by atoms with Crippen LogP contribution in [0.4, 0.5) is 17.1 Å². The number of carbonyl (C=O) groups excluding carboxylic acids is 2. The second-order valence-corrected chi connectivity index (χ2v) is 7.25. The summed E-state index contributed by atoms with van der Waals surface area (Å²) >= 11 is 0. The number of rotatable bonds is 5. The van der Waals surface area contributed by atoms with Crippen LogP contribution in [-0.2, 0) is 9.59 Å². The summed E-state index contributed by atoms with van der Waals surface area (Å²) in [6.45, 7) is 4.07. The van der Waals surface area contributed by atoms with Gasteiger partial charge in [-0.3, -0.25) is 4.79 Å². The molecule has 8 nitrogen and oxygen atoms in total. The van der Waals surface area contributed by atoms with Crippen LogP contribution in [-0.4, -0.2) is 36.1 Å². The largest absolute Gasteiger partial charge is 0.494 e. The monoisotopic (exact) mass is 391 g/mol. The highest BCUT2D eigenvalue weighted by Crippen LogP contribution is 2.44. The maximum atomic E-state index is 12.3. The first-order chi connectivity index (χ1) is 14.0. The zero-order chi connectivity index (χ0) is 20.7. The van der Waals surface area contributed by atoms with E-state index >= 15 is 0 Å². The van der Waals surface area contributed by atoms with E-state index in [2.05, 4.69) is 25.6 Å². The minimum absolute atomic E-state index is 0.0172. The number of carbonyl (C=O) groups is 1. The molecule has 1 unspecified atom stereocenters. The van der Waals surface area contributed by atoms with E-state index in [0.29, 0.717) is 28.5 Å². The van der Waals surface area contributed by atoms with Crippen molar-refractivity contribution in [3.63, 3.8) is 0 Å². The van der Waals surface area contributed by atoms with Gasteiger partial charge in [0.1, 0.15) is 11.5 Å². The number of nitrogens with zero attached hydrogens (tertiary/aromatic N) is 2. The van der Waals surface area contributed by atoms with Crippen LogP contribution in [0.2, 0.25) is 0 Å². The van der Waals surface area contributed by atoms with Crippen molar-refractivity contribution in [1.82, 2.24) is 9.97 Å². The second kappa shape index (κ2) is 7.07. The van der Waals surface area contributed by atoms with Crippen LogP contribution in [0.15, 0.2) is 29.3 Å². The first-order valence-electron chi connectivity index (χ1n) is 9.30. The molecule has 1 aromatic heterocycles. The molecule has 0 aliphatic carbocycles. The highest BCUT2D eigenvalue weighted by molar-refractivity contribution is 6.05. The smallest absolute Gasteiger partial charge is 0.240 e. The molecular weight excluding hydrogens is 370 g/mol. The fourth-order valence-corrected chi connectivity index (χ4v) is 3.90. The maximum Gasteiger partial charge on any atom is 0.240 e. The van der Waals surface area contributed by atoms with E-state index in [1.807, 2.05) is 32.0 Å². The van der Waals surface area contributed by atoms with Crippen molar-refractivity contribution >= 4 is 40.1 Å². The molecule has 0 saturated heterocycles. The topological polar surface area (TPSA) is 108 Å². The highest BCUT2D eigenvalue weighted by Gasteiger charge is 2.33. The van der Waals surface area contributed by atoms with Crippen LogP contribution < -0.4 is 15.4 Å². The number of isocyanates is 1. The lowest BCUT2D eigenvalue weighted by molar-refractivity contribution is -0.117. The first kappa shape index (κ1) is 18.7. The molecule has 0 spiro atoms. The molecule has 3 aromatic rings. The number of H-pyrrole nitrogens is 1. The number of fused-ring (bicyclic) bond motifs is 2. The summed E-state index contributed by atoms with van der Waals surface area (Å²) in [4.78, 5) is 35.0. The van der Waals surface area contributed by atoms with Crippen LogP contribution in [0.25, 0.3) is 22.4 Å². The standard InChI is InChI=1S/C21H21N5O3/c1-10(2)17-12-7-15-16(8-14(12)26-21(17)28)25-20(24-15)11-5-6-13(22-3)18(23-9-27)19(11)29-4/h5-8,10,17,22H,1-4H3,(H,24,25)(H,26,28). The Morgan fingerprint density at radius 2 is 2.10 bits per heavy atom. The third kappa shape index (κ3) is 2.94. The summed E-state index contributed by atoms with van der Waals surface area (Å²) in [6, 6.07) is 7.50. The predicted octanol–water partition coefficient (Wildman–Crippen LogP) is 3.94. The number of hydrogen-bond acceptors (Lipinski definition) is 6. The summed E-state index contributed by atoms with van der Waals surface area (Å²) in [5, 5.41) is 5.94. The van der Waals surface area contributed by atoms with Gasteiger partial charge in [0.05, 0.1) is 35.3 Å². The number of imidazole rings is 1. The third-order valence-corrected chi connectivity index (χ3v) is 5.21. The number of aliphatic imine (C=N–C) groups is 1. The van der Waals surface area contributed by atoms with Gasteiger partial charge >= 0.3 is 0 Å². The zero-order valence-corrected chi connectivity index (χ0v) is 16.6. The molecule has 29 heavy (non-hydrogen) atoms. The van der Waals surface area contributed by atoms with Gasteiger partial charge in [-0.2, -0.15) is 4.99 Å². The number of benzene rings is 2. The van der Waals surface area contributed by atoms with Gasteiger partial charge in [0, 0.05) is 12.7 Å². The van der Waals surface area contributed by atoms with Gasteiger partial charge in [0.2, 0.25) is 12.0 Å². The van der Waals surface area contributed by atoms with Gasteiger partial charge in [-0.15, -0.1) is 0 Å². The van der Waals surface area contributed by atoms with Gasteiger partial charge in [0.15, 0.2) is 5.75 Å². The first-order valence-corrected chi connectivity index (χ1v) is 9.30. The Morgan fingerprint density at radius 1 is 1.31 bits per heavy atom. The Kier molecular flexibility index (Phi) is 4.56. The number of methoxy groups -OCH3 is 1. The van der Waals surface area contributed by atoms with E-state index in [-0.39, 0.29) is 17.7 Å². The molecule has 1 amide bonds. The molecule has 2 aromatic carbocycles. The lowest BCUT2D eigenvalue weighted by Gasteiger charge is -2.12. The fourth-order valence-electron chi connectivity index (χ4n) is 3.90. The fraction of sp³-hybridized carbons (Fsp3) is 0.286. The Morgan fingerprint density at radius 3 is 2.76 bits per heavy atom. The number of ether oxygens (including phenoxy) is 1. The van der Waals surface area contributed by atoms with Crippen molar-refractivity contribution in [3.8, 4) is 17.1 Å². The molecule has 4 rings (SSSR count). The molecule has 2 heterocycles.